The fraction of sp³-hybridized carbons (Fsp3) is 0.150. The summed E-state index contributed by atoms with van der Waals surface area (Å²) in [5, 5.41) is 13.7. The van der Waals surface area contributed by atoms with Gasteiger partial charge in [0.15, 0.2) is 0 Å². The van der Waals surface area contributed by atoms with E-state index in [2.05, 4.69) is 22.1 Å². The van der Waals surface area contributed by atoms with Crippen molar-refractivity contribution in [1.82, 2.24) is 4.57 Å². The van der Waals surface area contributed by atoms with Gasteiger partial charge in [0, 0.05) is 48.0 Å². The van der Waals surface area contributed by atoms with E-state index >= 15 is 0 Å². The van der Waals surface area contributed by atoms with Gasteiger partial charge in [-0.05, 0) is 35.9 Å². The molecule has 0 saturated carbocycles. The van der Waals surface area contributed by atoms with Crippen LogP contribution >= 0.6 is 0 Å². The minimum atomic E-state index is 0.570. The molecule has 0 radical (unpaired) electrons. The predicted molar refractivity (Wildman–Crippen MR) is 96.9 cm³/mol. The Bertz CT molecular complexity index is 917. The van der Waals surface area contributed by atoms with Crippen molar-refractivity contribution in [2.24, 2.45) is 7.05 Å². The van der Waals surface area contributed by atoms with Crippen molar-refractivity contribution in [3.8, 4) is 11.8 Å². The van der Waals surface area contributed by atoms with Crippen LogP contribution in [0.3, 0.4) is 0 Å². The van der Waals surface area contributed by atoms with Gasteiger partial charge in [0.2, 0.25) is 0 Å². The van der Waals surface area contributed by atoms with Gasteiger partial charge in [0.05, 0.1) is 13.2 Å². The summed E-state index contributed by atoms with van der Waals surface area (Å²) in [6, 6.07) is 18.1. The molecule has 24 heavy (non-hydrogen) atoms. The fourth-order valence-corrected chi connectivity index (χ4v) is 2.75. The number of hydrogen-bond acceptors (Lipinski definition) is 3. The highest BCUT2D eigenvalue weighted by Gasteiger charge is 2.10. The van der Waals surface area contributed by atoms with E-state index in [9.17, 15) is 5.26 Å². The van der Waals surface area contributed by atoms with Crippen LogP contribution in [0, 0.1) is 11.3 Å². The molecule has 4 heteroatoms. The van der Waals surface area contributed by atoms with Crippen molar-refractivity contribution < 1.29 is 4.74 Å². The van der Waals surface area contributed by atoms with Crippen molar-refractivity contribution in [2.75, 3.05) is 12.4 Å². The molecule has 120 valence electrons. The third-order valence-corrected chi connectivity index (χ3v) is 3.99. The molecule has 0 aliphatic heterocycles. The zero-order valence-electron chi connectivity index (χ0n) is 13.8. The van der Waals surface area contributed by atoms with Crippen molar-refractivity contribution in [1.29, 1.82) is 5.26 Å². The van der Waals surface area contributed by atoms with Crippen LogP contribution in [0.5, 0.6) is 5.75 Å². The second kappa shape index (κ2) is 6.93. The van der Waals surface area contributed by atoms with Crippen LogP contribution in [0.2, 0.25) is 0 Å². The number of allylic oxidation sites excluding steroid dienone is 1. The number of nitrogens with zero attached hydrogens (tertiary/aromatic N) is 2. The van der Waals surface area contributed by atoms with Crippen LogP contribution in [0.4, 0.5) is 5.69 Å². The molecule has 2 aromatic carbocycles. The van der Waals surface area contributed by atoms with Gasteiger partial charge in [-0.15, -0.1) is 0 Å². The van der Waals surface area contributed by atoms with Crippen LogP contribution in [-0.2, 0) is 13.5 Å². The quantitative estimate of drug-likeness (QED) is 0.716. The summed E-state index contributed by atoms with van der Waals surface area (Å²) in [6.07, 6.45) is 4.41. The van der Waals surface area contributed by atoms with E-state index in [1.165, 1.54) is 0 Å². The minimum absolute atomic E-state index is 0.570. The number of aromatic nitrogens is 1. The Hall–Kier alpha value is -3.19. The molecule has 1 aromatic heterocycles. The first-order chi connectivity index (χ1) is 11.7. The normalized spacial score (nSPS) is 11.3. The molecule has 1 heterocycles. The molecular weight excluding hydrogens is 298 g/mol. The maximum Gasteiger partial charge on any atom is 0.119 e. The summed E-state index contributed by atoms with van der Waals surface area (Å²) in [5.74, 6) is 0.819. The molecule has 1 N–H and O–H groups in total. The summed E-state index contributed by atoms with van der Waals surface area (Å²) in [4.78, 5) is 0. The van der Waals surface area contributed by atoms with Gasteiger partial charge in [0.25, 0.3) is 0 Å². The third-order valence-electron chi connectivity index (χ3n) is 3.99. The first-order valence-corrected chi connectivity index (χ1v) is 7.74. The van der Waals surface area contributed by atoms with Gasteiger partial charge in [-0.25, -0.2) is 0 Å². The second-order valence-electron chi connectivity index (χ2n) is 5.62. The van der Waals surface area contributed by atoms with Crippen LogP contribution in [0.15, 0.2) is 66.5 Å². The Morgan fingerprint density at radius 3 is 2.75 bits per heavy atom. The van der Waals surface area contributed by atoms with Gasteiger partial charge < -0.3 is 14.6 Å². The van der Waals surface area contributed by atoms with E-state index in [-0.39, 0.29) is 0 Å². The molecule has 3 aromatic rings. The number of methoxy groups -OCH3 is 1. The lowest BCUT2D eigenvalue weighted by atomic mass is 10.1. The number of nitriles is 1. The molecule has 3 rings (SSSR count). The lowest BCUT2D eigenvalue weighted by Gasteiger charge is -2.03. The standard InChI is InChI=1S/C20H19N3O/c1-23-14-16(19-11-18(24-2)8-9-20(19)23)10-15(12-21)13-22-17-6-4-3-5-7-17/h3-9,11,13-14,22H,10H2,1-2H3/b15-13+. The lowest BCUT2D eigenvalue weighted by Crippen LogP contribution is -1.94. The zero-order valence-corrected chi connectivity index (χ0v) is 13.8. The van der Waals surface area contributed by atoms with Gasteiger partial charge in [0.1, 0.15) is 5.75 Å². The SMILES string of the molecule is COc1ccc2c(c1)c(C/C(C#N)=C\Nc1ccccc1)cn2C. The maximum absolute atomic E-state index is 9.46. The Morgan fingerprint density at radius 1 is 1.25 bits per heavy atom. The lowest BCUT2D eigenvalue weighted by molar-refractivity contribution is 0.415. The molecular formula is C20H19N3O. The number of benzene rings is 2. The Kier molecular flexibility index (Phi) is 4.53. The topological polar surface area (TPSA) is 50.0 Å². The Morgan fingerprint density at radius 2 is 2.04 bits per heavy atom. The first-order valence-electron chi connectivity index (χ1n) is 7.74. The monoisotopic (exact) mass is 317 g/mol. The number of hydrogen-bond donors (Lipinski definition) is 1. The first kappa shape index (κ1) is 15.7. The highest BCUT2D eigenvalue weighted by Crippen LogP contribution is 2.27. The summed E-state index contributed by atoms with van der Waals surface area (Å²) < 4.78 is 7.40. The summed E-state index contributed by atoms with van der Waals surface area (Å²) in [5.41, 5.74) is 3.87. The van der Waals surface area contributed by atoms with Crippen LogP contribution in [0.25, 0.3) is 10.9 Å². The van der Waals surface area contributed by atoms with Crippen LogP contribution < -0.4 is 10.1 Å². The summed E-state index contributed by atoms with van der Waals surface area (Å²) in [7, 11) is 3.67. The van der Waals surface area contributed by atoms with Crippen molar-refractivity contribution >= 4 is 16.6 Å². The van der Waals surface area contributed by atoms with Crippen molar-refractivity contribution in [3.05, 3.63) is 72.1 Å². The van der Waals surface area contributed by atoms with Crippen molar-refractivity contribution in [2.45, 2.75) is 6.42 Å². The third kappa shape index (κ3) is 3.26. The van der Waals surface area contributed by atoms with E-state index in [1.807, 2.05) is 55.6 Å². The molecule has 0 saturated heterocycles. The number of rotatable bonds is 5. The highest BCUT2D eigenvalue weighted by atomic mass is 16.5. The molecule has 0 aliphatic rings. The molecule has 0 fully saturated rings. The van der Waals surface area contributed by atoms with Crippen molar-refractivity contribution in [3.63, 3.8) is 0 Å². The number of ether oxygens (including phenoxy) is 1. The van der Waals surface area contributed by atoms with Crippen LogP contribution in [0.1, 0.15) is 5.56 Å². The van der Waals surface area contributed by atoms with Crippen LogP contribution in [-0.4, -0.2) is 11.7 Å². The number of nitrogens with one attached hydrogen (secondary N) is 1. The summed E-state index contributed by atoms with van der Waals surface area (Å²) >= 11 is 0. The van der Waals surface area contributed by atoms with Gasteiger partial charge in [-0.1, -0.05) is 18.2 Å². The molecule has 0 unspecified atom stereocenters. The molecule has 4 nitrogen and oxygen atoms in total. The van der Waals surface area contributed by atoms with Gasteiger partial charge >= 0.3 is 0 Å². The van der Waals surface area contributed by atoms with Gasteiger partial charge in [-0.3, -0.25) is 0 Å². The number of fused-ring (bicyclic) bond motifs is 1. The largest absolute Gasteiger partial charge is 0.497 e. The Balaban J connectivity index is 1.88. The number of aryl methyl sites for hydroxylation is 1. The predicted octanol–water partition coefficient (Wildman–Crippen LogP) is 4.25. The molecule has 0 bridgehead atoms. The minimum Gasteiger partial charge on any atom is -0.497 e. The summed E-state index contributed by atoms with van der Waals surface area (Å²) in [6.45, 7) is 0. The molecule has 0 aliphatic carbocycles. The van der Waals surface area contributed by atoms with E-state index in [0.29, 0.717) is 12.0 Å². The molecule has 0 atom stereocenters. The number of anilines is 1. The van der Waals surface area contributed by atoms with E-state index in [1.54, 1.807) is 13.3 Å². The number of para-hydroxylation sites is 1. The van der Waals surface area contributed by atoms with E-state index in [4.69, 9.17) is 4.74 Å². The highest BCUT2D eigenvalue weighted by molar-refractivity contribution is 5.85. The molecule has 0 spiro atoms. The average molecular weight is 317 g/mol. The zero-order chi connectivity index (χ0) is 16.9. The maximum atomic E-state index is 9.46. The van der Waals surface area contributed by atoms with E-state index < -0.39 is 0 Å². The average Bonchev–Trinajstić information content (AvgIpc) is 2.94. The second-order valence-corrected chi connectivity index (χ2v) is 5.62. The molecule has 0 amide bonds. The fourth-order valence-electron chi connectivity index (χ4n) is 2.75. The van der Waals surface area contributed by atoms with Gasteiger partial charge in [-0.2, -0.15) is 5.26 Å². The Labute approximate surface area is 141 Å². The smallest absolute Gasteiger partial charge is 0.119 e. The van der Waals surface area contributed by atoms with E-state index in [0.717, 1.165) is 27.9 Å².